The Hall–Kier alpha value is -1.19. The Morgan fingerprint density at radius 1 is 1.10 bits per heavy atom. The van der Waals surface area contributed by atoms with Crippen LogP contribution < -0.4 is 5.32 Å². The summed E-state index contributed by atoms with van der Waals surface area (Å²) >= 11 is 3.56. The van der Waals surface area contributed by atoms with E-state index in [0.717, 1.165) is 16.6 Å². The maximum Gasteiger partial charge on any atom is 0.123 e. The Labute approximate surface area is 128 Å². The van der Waals surface area contributed by atoms with Crippen LogP contribution >= 0.6 is 15.9 Å². The van der Waals surface area contributed by atoms with Gasteiger partial charge in [-0.25, -0.2) is 4.39 Å². The topological polar surface area (TPSA) is 12.0 Å². The number of halogens is 2. The molecule has 0 saturated carbocycles. The minimum absolute atomic E-state index is 0.0902. The van der Waals surface area contributed by atoms with E-state index in [1.165, 1.54) is 28.8 Å². The SMILES string of the molecule is CCNC(c1ccc(F)cc1)c1cc(C)c(Br)cc1C. The van der Waals surface area contributed by atoms with Crippen molar-refractivity contribution in [2.75, 3.05) is 6.54 Å². The lowest BCUT2D eigenvalue weighted by Gasteiger charge is -2.22. The summed E-state index contributed by atoms with van der Waals surface area (Å²) in [7, 11) is 0. The van der Waals surface area contributed by atoms with Gasteiger partial charge in [-0.15, -0.1) is 0 Å². The quantitative estimate of drug-likeness (QED) is 0.837. The lowest BCUT2D eigenvalue weighted by molar-refractivity contribution is 0.612. The average Bonchev–Trinajstić information content (AvgIpc) is 2.42. The van der Waals surface area contributed by atoms with Crippen LogP contribution in [0.3, 0.4) is 0 Å². The van der Waals surface area contributed by atoms with Crippen LogP contribution in [0, 0.1) is 19.7 Å². The average molecular weight is 336 g/mol. The maximum atomic E-state index is 13.1. The minimum atomic E-state index is -0.201. The van der Waals surface area contributed by atoms with Crippen LogP contribution in [0.4, 0.5) is 4.39 Å². The van der Waals surface area contributed by atoms with E-state index in [1.807, 2.05) is 12.1 Å². The first-order chi connectivity index (χ1) is 9.52. The molecular weight excluding hydrogens is 317 g/mol. The summed E-state index contributed by atoms with van der Waals surface area (Å²) in [5.74, 6) is -0.201. The molecule has 0 heterocycles. The highest BCUT2D eigenvalue weighted by Gasteiger charge is 2.16. The number of hydrogen-bond donors (Lipinski definition) is 1. The standard InChI is InChI=1S/C17H19BrFN/c1-4-20-17(13-5-7-14(19)8-6-13)15-9-12(3)16(18)10-11(15)2/h5-10,17,20H,4H2,1-3H3. The van der Waals surface area contributed by atoms with Gasteiger partial charge in [0, 0.05) is 4.47 Å². The molecule has 0 aliphatic rings. The molecule has 3 heteroatoms. The van der Waals surface area contributed by atoms with Crippen molar-refractivity contribution in [3.05, 3.63) is 68.9 Å². The van der Waals surface area contributed by atoms with Crippen LogP contribution in [0.5, 0.6) is 0 Å². The monoisotopic (exact) mass is 335 g/mol. The first kappa shape index (κ1) is 15.2. The molecule has 106 valence electrons. The fraction of sp³-hybridized carbons (Fsp3) is 0.294. The third kappa shape index (κ3) is 3.28. The van der Waals surface area contributed by atoms with Gasteiger partial charge in [0.2, 0.25) is 0 Å². The normalized spacial score (nSPS) is 12.4. The van der Waals surface area contributed by atoms with Crippen molar-refractivity contribution in [1.82, 2.24) is 5.32 Å². The van der Waals surface area contributed by atoms with Gasteiger partial charge in [0.05, 0.1) is 6.04 Å². The molecule has 0 fully saturated rings. The van der Waals surface area contributed by atoms with Gasteiger partial charge in [-0.1, -0.05) is 41.1 Å². The first-order valence-electron chi connectivity index (χ1n) is 6.78. The Morgan fingerprint density at radius 3 is 2.35 bits per heavy atom. The van der Waals surface area contributed by atoms with E-state index in [-0.39, 0.29) is 11.9 Å². The molecule has 20 heavy (non-hydrogen) atoms. The Balaban J connectivity index is 2.48. The van der Waals surface area contributed by atoms with E-state index in [1.54, 1.807) is 0 Å². The molecule has 0 bridgehead atoms. The van der Waals surface area contributed by atoms with Gasteiger partial charge in [-0.2, -0.15) is 0 Å². The Bertz CT molecular complexity index is 593. The highest BCUT2D eigenvalue weighted by molar-refractivity contribution is 9.10. The van der Waals surface area contributed by atoms with Gasteiger partial charge in [0.15, 0.2) is 0 Å². The number of rotatable bonds is 4. The van der Waals surface area contributed by atoms with E-state index in [4.69, 9.17) is 0 Å². The third-order valence-corrected chi connectivity index (χ3v) is 4.32. The van der Waals surface area contributed by atoms with Crippen LogP contribution in [0.1, 0.15) is 35.2 Å². The molecule has 0 amide bonds. The molecule has 1 nitrogen and oxygen atoms in total. The fourth-order valence-corrected chi connectivity index (χ4v) is 2.84. The predicted molar refractivity (Wildman–Crippen MR) is 85.5 cm³/mol. The van der Waals surface area contributed by atoms with Gasteiger partial charge in [0.1, 0.15) is 5.82 Å². The molecule has 1 unspecified atom stereocenters. The van der Waals surface area contributed by atoms with Gasteiger partial charge >= 0.3 is 0 Å². The van der Waals surface area contributed by atoms with Crippen LogP contribution in [0.2, 0.25) is 0 Å². The minimum Gasteiger partial charge on any atom is -0.307 e. The van der Waals surface area contributed by atoms with Crippen LogP contribution in [0.15, 0.2) is 40.9 Å². The first-order valence-corrected chi connectivity index (χ1v) is 7.57. The van der Waals surface area contributed by atoms with E-state index in [2.05, 4.69) is 54.2 Å². The largest absolute Gasteiger partial charge is 0.307 e. The van der Waals surface area contributed by atoms with Gasteiger partial charge < -0.3 is 5.32 Å². The Kier molecular flexibility index (Phi) is 4.95. The van der Waals surface area contributed by atoms with Gasteiger partial charge in [-0.3, -0.25) is 0 Å². The van der Waals surface area contributed by atoms with Crippen molar-refractivity contribution in [1.29, 1.82) is 0 Å². The second-order valence-corrected chi connectivity index (χ2v) is 5.85. The van der Waals surface area contributed by atoms with E-state index in [0.29, 0.717) is 0 Å². The molecule has 2 aromatic rings. The fourth-order valence-electron chi connectivity index (χ4n) is 2.38. The summed E-state index contributed by atoms with van der Waals surface area (Å²) in [5.41, 5.74) is 4.74. The summed E-state index contributed by atoms with van der Waals surface area (Å²) in [6, 6.07) is 11.1. The number of nitrogens with one attached hydrogen (secondary N) is 1. The molecule has 0 aliphatic heterocycles. The molecule has 2 rings (SSSR count). The highest BCUT2D eigenvalue weighted by atomic mass is 79.9. The van der Waals surface area contributed by atoms with Crippen LogP contribution in [-0.4, -0.2) is 6.54 Å². The van der Waals surface area contributed by atoms with Crippen molar-refractivity contribution in [2.24, 2.45) is 0 Å². The lowest BCUT2D eigenvalue weighted by Crippen LogP contribution is -2.23. The van der Waals surface area contributed by atoms with Crippen LogP contribution in [-0.2, 0) is 0 Å². The van der Waals surface area contributed by atoms with E-state index in [9.17, 15) is 4.39 Å². The smallest absolute Gasteiger partial charge is 0.123 e. The van der Waals surface area contributed by atoms with Crippen molar-refractivity contribution < 1.29 is 4.39 Å². The molecule has 2 aromatic carbocycles. The molecule has 1 N–H and O–H groups in total. The Morgan fingerprint density at radius 2 is 1.75 bits per heavy atom. The van der Waals surface area contributed by atoms with Gasteiger partial charge in [0.25, 0.3) is 0 Å². The molecule has 0 aromatic heterocycles. The predicted octanol–water partition coefficient (Wildman–Crippen LogP) is 4.90. The second-order valence-electron chi connectivity index (χ2n) is 5.00. The zero-order chi connectivity index (χ0) is 14.7. The van der Waals surface area contributed by atoms with E-state index < -0.39 is 0 Å². The molecule has 0 spiro atoms. The molecule has 0 radical (unpaired) electrons. The lowest BCUT2D eigenvalue weighted by atomic mass is 9.93. The molecule has 1 atom stereocenters. The molecule has 0 aliphatic carbocycles. The zero-order valence-electron chi connectivity index (χ0n) is 12.0. The van der Waals surface area contributed by atoms with E-state index >= 15 is 0 Å². The summed E-state index contributed by atoms with van der Waals surface area (Å²) in [6.45, 7) is 7.13. The summed E-state index contributed by atoms with van der Waals surface area (Å²) in [4.78, 5) is 0. The summed E-state index contributed by atoms with van der Waals surface area (Å²) in [6.07, 6.45) is 0. The molecular formula is C17H19BrFN. The van der Waals surface area contributed by atoms with Crippen molar-refractivity contribution in [3.63, 3.8) is 0 Å². The number of aryl methyl sites for hydroxylation is 2. The molecule has 0 saturated heterocycles. The van der Waals surface area contributed by atoms with Gasteiger partial charge in [-0.05, 0) is 60.8 Å². The van der Waals surface area contributed by atoms with Crippen molar-refractivity contribution in [3.8, 4) is 0 Å². The summed E-state index contributed by atoms with van der Waals surface area (Å²) in [5, 5.41) is 3.48. The second kappa shape index (κ2) is 6.51. The summed E-state index contributed by atoms with van der Waals surface area (Å²) < 4.78 is 14.2. The third-order valence-electron chi connectivity index (χ3n) is 3.47. The number of benzene rings is 2. The van der Waals surface area contributed by atoms with Crippen LogP contribution in [0.25, 0.3) is 0 Å². The maximum absolute atomic E-state index is 13.1. The highest BCUT2D eigenvalue weighted by Crippen LogP contribution is 2.29. The zero-order valence-corrected chi connectivity index (χ0v) is 13.6. The van der Waals surface area contributed by atoms with Crippen molar-refractivity contribution in [2.45, 2.75) is 26.8 Å². The van der Waals surface area contributed by atoms with Crippen molar-refractivity contribution >= 4 is 15.9 Å². The number of hydrogen-bond acceptors (Lipinski definition) is 1.